The molecule has 2 aromatic rings. The summed E-state index contributed by atoms with van der Waals surface area (Å²) in [5, 5.41) is 0. The van der Waals surface area contributed by atoms with Gasteiger partial charge in [-0.2, -0.15) is 0 Å². The zero-order valence-corrected chi connectivity index (χ0v) is 16.0. The minimum absolute atomic E-state index is 0.0000883. The molecule has 0 saturated heterocycles. The van der Waals surface area contributed by atoms with Gasteiger partial charge in [0.2, 0.25) is 0 Å². The van der Waals surface area contributed by atoms with Crippen LogP contribution < -0.4 is 4.72 Å². The predicted molar refractivity (Wildman–Crippen MR) is 101 cm³/mol. The molecule has 24 heavy (non-hydrogen) atoms. The lowest BCUT2D eigenvalue weighted by atomic mass is 9.87. The van der Waals surface area contributed by atoms with Crippen LogP contribution in [0, 0.1) is 0 Å². The van der Waals surface area contributed by atoms with Gasteiger partial charge in [0.15, 0.2) is 0 Å². The number of hydrogen-bond donors (Lipinski definition) is 1. The molecule has 0 spiro atoms. The molecule has 0 unspecified atom stereocenters. The fourth-order valence-electron chi connectivity index (χ4n) is 2.70. The summed E-state index contributed by atoms with van der Waals surface area (Å²) < 4.78 is 28.4. The van der Waals surface area contributed by atoms with Crippen molar-refractivity contribution in [3.8, 4) is 0 Å². The molecule has 3 nitrogen and oxygen atoms in total. The van der Waals surface area contributed by atoms with Gasteiger partial charge in [0, 0.05) is 0 Å². The van der Waals surface area contributed by atoms with E-state index in [1.807, 2.05) is 44.2 Å². The molecule has 130 valence electrons. The average molecular weight is 346 g/mol. The molecule has 0 aliphatic heterocycles. The van der Waals surface area contributed by atoms with Crippen LogP contribution in [0.1, 0.15) is 51.3 Å². The smallest absolute Gasteiger partial charge is 0.261 e. The Morgan fingerprint density at radius 2 is 1.38 bits per heavy atom. The van der Waals surface area contributed by atoms with Gasteiger partial charge in [-0.05, 0) is 47.1 Å². The summed E-state index contributed by atoms with van der Waals surface area (Å²) in [6.45, 7) is 10.4. The largest absolute Gasteiger partial charge is 0.279 e. The second-order valence-corrected chi connectivity index (χ2v) is 8.72. The molecule has 2 aromatic carbocycles. The number of nitrogens with one attached hydrogen (secondary N) is 1. The molecule has 2 rings (SSSR count). The third kappa shape index (κ3) is 3.99. The molecular formula is C20H27NO2S. The molecule has 0 aliphatic carbocycles. The van der Waals surface area contributed by atoms with E-state index in [0.29, 0.717) is 4.90 Å². The molecule has 0 atom stereocenters. The van der Waals surface area contributed by atoms with Crippen LogP contribution in [0.4, 0.5) is 5.69 Å². The average Bonchev–Trinajstić information content (AvgIpc) is 2.54. The van der Waals surface area contributed by atoms with Crippen molar-refractivity contribution in [2.24, 2.45) is 0 Å². The van der Waals surface area contributed by atoms with Gasteiger partial charge in [-0.15, -0.1) is 0 Å². The Morgan fingerprint density at radius 3 is 1.79 bits per heavy atom. The van der Waals surface area contributed by atoms with Crippen LogP contribution in [-0.2, 0) is 28.3 Å². The Labute approximate surface area is 146 Å². The van der Waals surface area contributed by atoms with Gasteiger partial charge in [0.05, 0.1) is 10.6 Å². The first-order valence-electron chi connectivity index (χ1n) is 8.43. The van der Waals surface area contributed by atoms with Crippen LogP contribution >= 0.6 is 0 Å². The van der Waals surface area contributed by atoms with Gasteiger partial charge in [0.25, 0.3) is 10.0 Å². The van der Waals surface area contributed by atoms with Crippen molar-refractivity contribution < 1.29 is 8.42 Å². The van der Waals surface area contributed by atoms with Crippen molar-refractivity contribution >= 4 is 15.7 Å². The second kappa shape index (κ2) is 6.98. The first-order valence-corrected chi connectivity index (χ1v) is 9.91. The fourth-order valence-corrected chi connectivity index (χ4v) is 3.84. The Kier molecular flexibility index (Phi) is 5.38. The standard InChI is InChI=1S/C20H27NO2S/c1-6-15-9-8-10-16(7-2)19(15)21-24(22,23)18-13-11-17(12-14-18)20(3,4)5/h8-14,21H,6-7H2,1-5H3. The molecule has 4 heteroatoms. The van der Waals surface area contributed by atoms with Crippen molar-refractivity contribution in [3.05, 3.63) is 59.2 Å². The molecule has 0 aliphatic rings. The third-order valence-corrected chi connectivity index (χ3v) is 5.63. The lowest BCUT2D eigenvalue weighted by Gasteiger charge is -2.20. The zero-order valence-electron chi connectivity index (χ0n) is 15.2. The summed E-state index contributed by atoms with van der Waals surface area (Å²) in [4.78, 5) is 0.295. The van der Waals surface area contributed by atoms with Crippen molar-refractivity contribution in [2.75, 3.05) is 4.72 Å². The molecule has 0 aromatic heterocycles. The molecule has 0 saturated carbocycles. The highest BCUT2D eigenvalue weighted by Crippen LogP contribution is 2.27. The van der Waals surface area contributed by atoms with E-state index in [4.69, 9.17) is 0 Å². The monoisotopic (exact) mass is 345 g/mol. The topological polar surface area (TPSA) is 46.2 Å². The first-order chi connectivity index (χ1) is 11.2. The summed E-state index contributed by atoms with van der Waals surface area (Å²) in [5.41, 5.74) is 3.88. The number of aryl methyl sites for hydroxylation is 2. The summed E-state index contributed by atoms with van der Waals surface area (Å²) in [6, 6.07) is 13.1. The lowest BCUT2D eigenvalue weighted by Crippen LogP contribution is -2.16. The van der Waals surface area contributed by atoms with Gasteiger partial charge in [-0.25, -0.2) is 8.42 Å². The maximum absolute atomic E-state index is 12.8. The maximum atomic E-state index is 12.8. The van der Waals surface area contributed by atoms with E-state index in [0.717, 1.165) is 35.2 Å². The quantitative estimate of drug-likeness (QED) is 0.837. The molecule has 0 radical (unpaired) electrons. The lowest BCUT2D eigenvalue weighted by molar-refractivity contribution is 0.587. The summed E-state index contributed by atoms with van der Waals surface area (Å²) in [5.74, 6) is 0. The Balaban J connectivity index is 2.39. The Bertz CT molecular complexity index is 778. The molecule has 0 amide bonds. The Morgan fingerprint density at radius 1 is 0.875 bits per heavy atom. The molecule has 0 fully saturated rings. The number of sulfonamides is 1. The van der Waals surface area contributed by atoms with Gasteiger partial charge in [-0.3, -0.25) is 4.72 Å². The number of hydrogen-bond acceptors (Lipinski definition) is 2. The highest BCUT2D eigenvalue weighted by Gasteiger charge is 2.19. The summed E-state index contributed by atoms with van der Waals surface area (Å²) in [7, 11) is -3.59. The first kappa shape index (κ1) is 18.5. The van der Waals surface area contributed by atoms with Crippen LogP contribution in [0.15, 0.2) is 47.4 Å². The second-order valence-electron chi connectivity index (χ2n) is 7.04. The van der Waals surface area contributed by atoms with E-state index in [1.165, 1.54) is 0 Å². The fraction of sp³-hybridized carbons (Fsp3) is 0.400. The minimum atomic E-state index is -3.59. The van der Waals surface area contributed by atoms with Crippen LogP contribution in [0.2, 0.25) is 0 Å². The van der Waals surface area contributed by atoms with Gasteiger partial charge in [-0.1, -0.05) is 65.0 Å². The minimum Gasteiger partial charge on any atom is -0.279 e. The van der Waals surface area contributed by atoms with Crippen molar-refractivity contribution in [1.29, 1.82) is 0 Å². The van der Waals surface area contributed by atoms with Crippen LogP contribution in [0.5, 0.6) is 0 Å². The van der Waals surface area contributed by atoms with E-state index in [1.54, 1.807) is 12.1 Å². The van der Waals surface area contributed by atoms with Crippen molar-refractivity contribution in [3.63, 3.8) is 0 Å². The van der Waals surface area contributed by atoms with Crippen molar-refractivity contribution in [2.45, 2.75) is 57.8 Å². The van der Waals surface area contributed by atoms with E-state index in [2.05, 4.69) is 25.5 Å². The highest BCUT2D eigenvalue weighted by atomic mass is 32.2. The van der Waals surface area contributed by atoms with E-state index in [-0.39, 0.29) is 5.41 Å². The number of para-hydroxylation sites is 1. The molecule has 1 N–H and O–H groups in total. The highest BCUT2D eigenvalue weighted by molar-refractivity contribution is 7.92. The van der Waals surface area contributed by atoms with Crippen LogP contribution in [0.3, 0.4) is 0 Å². The summed E-state index contributed by atoms with van der Waals surface area (Å²) in [6.07, 6.45) is 1.57. The number of rotatable bonds is 5. The number of benzene rings is 2. The normalized spacial score (nSPS) is 12.2. The van der Waals surface area contributed by atoms with Crippen LogP contribution in [0.25, 0.3) is 0 Å². The molecule has 0 heterocycles. The van der Waals surface area contributed by atoms with Gasteiger partial charge < -0.3 is 0 Å². The number of anilines is 1. The predicted octanol–water partition coefficient (Wildman–Crippen LogP) is 4.91. The molecular weight excluding hydrogens is 318 g/mol. The Hall–Kier alpha value is -1.81. The maximum Gasteiger partial charge on any atom is 0.261 e. The van der Waals surface area contributed by atoms with Crippen molar-refractivity contribution in [1.82, 2.24) is 0 Å². The van der Waals surface area contributed by atoms with Gasteiger partial charge >= 0.3 is 0 Å². The summed E-state index contributed by atoms with van der Waals surface area (Å²) >= 11 is 0. The zero-order chi connectivity index (χ0) is 18.0. The SMILES string of the molecule is CCc1cccc(CC)c1NS(=O)(=O)c1ccc(C(C)(C)C)cc1. The van der Waals surface area contributed by atoms with E-state index >= 15 is 0 Å². The van der Waals surface area contributed by atoms with E-state index in [9.17, 15) is 8.42 Å². The van der Waals surface area contributed by atoms with Crippen LogP contribution in [-0.4, -0.2) is 8.42 Å². The van der Waals surface area contributed by atoms with E-state index < -0.39 is 10.0 Å². The molecule has 0 bridgehead atoms. The third-order valence-electron chi connectivity index (χ3n) is 4.27. The van der Waals surface area contributed by atoms with Gasteiger partial charge in [0.1, 0.15) is 0 Å².